The van der Waals surface area contributed by atoms with Gasteiger partial charge in [0.25, 0.3) is 5.91 Å². The van der Waals surface area contributed by atoms with E-state index in [1.807, 2.05) is 37.3 Å². The average Bonchev–Trinajstić information content (AvgIpc) is 3.51. The molecule has 0 unspecified atom stereocenters. The van der Waals surface area contributed by atoms with E-state index < -0.39 is 0 Å². The number of methoxy groups -OCH3 is 1. The van der Waals surface area contributed by atoms with Gasteiger partial charge in [-0.2, -0.15) is 0 Å². The largest absolute Gasteiger partial charge is 0.496 e. The number of aryl methyl sites for hydroxylation is 2. The molecule has 0 spiro atoms. The van der Waals surface area contributed by atoms with Crippen molar-refractivity contribution < 1.29 is 13.9 Å². The van der Waals surface area contributed by atoms with Crippen molar-refractivity contribution in [2.45, 2.75) is 38.6 Å². The molecule has 0 saturated heterocycles. The van der Waals surface area contributed by atoms with Gasteiger partial charge in [-0.3, -0.25) is 4.79 Å². The molecule has 4 aromatic rings. The lowest BCUT2D eigenvalue weighted by Crippen LogP contribution is -2.19. The van der Waals surface area contributed by atoms with Gasteiger partial charge in [0.2, 0.25) is 0 Å². The Morgan fingerprint density at radius 1 is 1.15 bits per heavy atom. The van der Waals surface area contributed by atoms with Crippen LogP contribution in [0.4, 0.5) is 10.8 Å². The molecule has 0 bridgehead atoms. The highest BCUT2D eigenvalue weighted by molar-refractivity contribution is 7.16. The molecule has 3 aromatic heterocycles. The molecule has 34 heavy (non-hydrogen) atoms. The van der Waals surface area contributed by atoms with Gasteiger partial charge >= 0.3 is 0 Å². The Balaban J connectivity index is 1.65. The molecule has 0 radical (unpaired) electrons. The first-order valence-corrected chi connectivity index (χ1v) is 12.3. The van der Waals surface area contributed by atoms with E-state index in [0.29, 0.717) is 5.76 Å². The summed E-state index contributed by atoms with van der Waals surface area (Å²) in [5, 5.41) is 7.63. The van der Waals surface area contributed by atoms with Crippen molar-refractivity contribution >= 4 is 28.1 Å². The minimum Gasteiger partial charge on any atom is -0.496 e. The number of hydrogen-bond acceptors (Lipinski definition) is 6. The summed E-state index contributed by atoms with van der Waals surface area (Å²) in [7, 11) is 1.68. The molecular weight excluding hydrogens is 446 g/mol. The predicted octanol–water partition coefficient (Wildman–Crippen LogP) is 6.39. The van der Waals surface area contributed by atoms with Crippen molar-refractivity contribution in [3.05, 3.63) is 93.9 Å². The minimum absolute atomic E-state index is 0.252. The normalized spacial score (nSPS) is 13.7. The van der Waals surface area contributed by atoms with E-state index in [9.17, 15) is 4.79 Å². The van der Waals surface area contributed by atoms with Crippen LogP contribution in [0, 0.1) is 6.92 Å². The van der Waals surface area contributed by atoms with Crippen LogP contribution in [0.2, 0.25) is 0 Å². The molecule has 174 valence electrons. The number of furan rings is 1. The minimum atomic E-state index is -0.254. The van der Waals surface area contributed by atoms with E-state index in [0.717, 1.165) is 58.9 Å². The highest BCUT2D eigenvalue weighted by Crippen LogP contribution is 2.46. The molecule has 2 N–H and O–H groups in total. The quantitative estimate of drug-likeness (QED) is 0.325. The number of hydrogen-bond donors (Lipinski definition) is 2. The third kappa shape index (κ3) is 4.43. The van der Waals surface area contributed by atoms with Gasteiger partial charge in [0.05, 0.1) is 19.4 Å². The molecule has 0 saturated carbocycles. The number of rotatable bonds is 7. The number of benzene rings is 1. The lowest BCUT2D eigenvalue weighted by Gasteiger charge is -2.25. The Bertz CT molecular complexity index is 1300. The summed E-state index contributed by atoms with van der Waals surface area (Å²) in [6, 6.07) is 15.2. The van der Waals surface area contributed by atoms with Crippen LogP contribution < -0.4 is 15.4 Å². The van der Waals surface area contributed by atoms with Crippen LogP contribution in [0.5, 0.6) is 5.75 Å². The van der Waals surface area contributed by atoms with Gasteiger partial charge in [-0.05, 0) is 74.1 Å². The summed E-state index contributed by atoms with van der Waals surface area (Å²) in [6.07, 6.45) is 7.60. The van der Waals surface area contributed by atoms with Crippen molar-refractivity contribution in [2.75, 3.05) is 17.7 Å². The van der Waals surface area contributed by atoms with E-state index >= 15 is 0 Å². The van der Waals surface area contributed by atoms with Gasteiger partial charge in [0.15, 0.2) is 5.76 Å². The van der Waals surface area contributed by atoms with E-state index in [1.165, 1.54) is 16.7 Å². The third-order valence-corrected chi connectivity index (χ3v) is 7.35. The number of nitrogens with zero attached hydrogens (tertiary/aromatic N) is 1. The Morgan fingerprint density at radius 2 is 2.00 bits per heavy atom. The van der Waals surface area contributed by atoms with Crippen LogP contribution in [0.25, 0.3) is 0 Å². The number of carbonyl (C=O) groups is 1. The second-order valence-electron chi connectivity index (χ2n) is 8.42. The fourth-order valence-corrected chi connectivity index (χ4v) is 5.86. The fourth-order valence-electron chi connectivity index (χ4n) is 4.53. The molecule has 7 heteroatoms. The number of pyridine rings is 1. The van der Waals surface area contributed by atoms with E-state index in [-0.39, 0.29) is 11.9 Å². The number of nitrogens with one attached hydrogen (secondary N) is 2. The van der Waals surface area contributed by atoms with Crippen LogP contribution in [0.3, 0.4) is 0 Å². The molecule has 3 heterocycles. The van der Waals surface area contributed by atoms with Crippen molar-refractivity contribution in [2.24, 2.45) is 0 Å². The second-order valence-corrected chi connectivity index (χ2v) is 9.53. The lowest BCUT2D eigenvalue weighted by molar-refractivity contribution is 0.0997. The van der Waals surface area contributed by atoms with Gasteiger partial charge in [-0.15, -0.1) is 11.3 Å². The maximum atomic E-state index is 13.0. The molecular formula is C27H27N3O3S. The topological polar surface area (TPSA) is 76.4 Å². The van der Waals surface area contributed by atoms with Gasteiger partial charge in [0, 0.05) is 22.2 Å². The zero-order valence-corrected chi connectivity index (χ0v) is 20.1. The number of anilines is 2. The SMILES string of the molecule is COc1ccccc1[C@H](Nc1cc(C)ccn1)c1c(NC(=O)c2ccco2)sc2c1CCCC2. The number of aromatic nitrogens is 1. The van der Waals surface area contributed by atoms with Crippen LogP contribution in [-0.4, -0.2) is 18.0 Å². The molecule has 1 aliphatic rings. The van der Waals surface area contributed by atoms with Gasteiger partial charge in [-0.1, -0.05) is 18.2 Å². The average molecular weight is 474 g/mol. The number of amides is 1. The monoisotopic (exact) mass is 473 g/mol. The van der Waals surface area contributed by atoms with E-state index in [4.69, 9.17) is 9.15 Å². The standard InChI is InChI=1S/C27H27N3O3S/c1-17-13-14-28-23(16-17)29-25(18-8-3-5-10-20(18)32-2)24-19-9-4-6-12-22(19)34-27(24)30-26(31)21-11-7-15-33-21/h3,5,7-8,10-11,13-16,25H,4,6,9,12H2,1-2H3,(H,28,29)(H,30,31)/t25-/m0/s1. The van der Waals surface area contributed by atoms with Crippen LogP contribution >= 0.6 is 11.3 Å². The van der Waals surface area contributed by atoms with Gasteiger partial charge in [0.1, 0.15) is 16.6 Å². The summed E-state index contributed by atoms with van der Waals surface area (Å²) in [4.78, 5) is 18.9. The van der Waals surface area contributed by atoms with E-state index in [1.54, 1.807) is 36.8 Å². The number of carbonyl (C=O) groups excluding carboxylic acids is 1. The number of thiophene rings is 1. The maximum absolute atomic E-state index is 13.0. The molecule has 1 atom stereocenters. The summed E-state index contributed by atoms with van der Waals surface area (Å²) in [6.45, 7) is 2.05. The Labute approximate surface area is 203 Å². The Hall–Kier alpha value is -3.58. The molecule has 1 aromatic carbocycles. The number of para-hydroxylation sites is 1. The maximum Gasteiger partial charge on any atom is 0.291 e. The highest BCUT2D eigenvalue weighted by Gasteiger charge is 2.30. The molecule has 1 amide bonds. The molecule has 1 aliphatic carbocycles. The zero-order chi connectivity index (χ0) is 23.5. The first-order valence-electron chi connectivity index (χ1n) is 11.5. The lowest BCUT2D eigenvalue weighted by atomic mass is 9.89. The number of fused-ring (bicyclic) bond motifs is 1. The van der Waals surface area contributed by atoms with Crippen molar-refractivity contribution in [1.29, 1.82) is 0 Å². The highest BCUT2D eigenvalue weighted by atomic mass is 32.1. The van der Waals surface area contributed by atoms with Crippen molar-refractivity contribution in [3.63, 3.8) is 0 Å². The molecule has 0 aliphatic heterocycles. The van der Waals surface area contributed by atoms with Crippen molar-refractivity contribution in [3.8, 4) is 5.75 Å². The van der Waals surface area contributed by atoms with Crippen LogP contribution in [-0.2, 0) is 12.8 Å². The summed E-state index contributed by atoms with van der Waals surface area (Å²) < 4.78 is 11.1. The van der Waals surface area contributed by atoms with Gasteiger partial charge < -0.3 is 19.8 Å². The first-order chi connectivity index (χ1) is 16.6. The smallest absolute Gasteiger partial charge is 0.291 e. The summed E-state index contributed by atoms with van der Waals surface area (Å²) in [5.41, 5.74) is 4.50. The second kappa shape index (κ2) is 9.73. The van der Waals surface area contributed by atoms with Crippen LogP contribution in [0.15, 0.2) is 65.4 Å². The van der Waals surface area contributed by atoms with Crippen LogP contribution in [0.1, 0.15) is 56.6 Å². The Kier molecular flexibility index (Phi) is 6.36. The predicted molar refractivity (Wildman–Crippen MR) is 135 cm³/mol. The van der Waals surface area contributed by atoms with E-state index in [2.05, 4.69) is 21.7 Å². The third-order valence-electron chi connectivity index (χ3n) is 6.13. The number of ether oxygens (including phenoxy) is 1. The summed E-state index contributed by atoms with van der Waals surface area (Å²) in [5.74, 6) is 1.60. The Morgan fingerprint density at radius 3 is 2.79 bits per heavy atom. The zero-order valence-electron chi connectivity index (χ0n) is 19.3. The molecule has 0 fully saturated rings. The van der Waals surface area contributed by atoms with Crippen molar-refractivity contribution in [1.82, 2.24) is 4.98 Å². The first kappa shape index (κ1) is 22.2. The summed E-state index contributed by atoms with van der Waals surface area (Å²) >= 11 is 1.66. The molecule has 5 rings (SSSR count). The van der Waals surface area contributed by atoms with Gasteiger partial charge in [-0.25, -0.2) is 4.98 Å². The molecule has 6 nitrogen and oxygen atoms in total. The fraction of sp³-hybridized carbons (Fsp3) is 0.259.